The fourth-order valence-electron chi connectivity index (χ4n) is 1.58. The molecule has 0 N–H and O–H groups in total. The molecular formula is C10H9N3O2. The highest BCUT2D eigenvalue weighted by molar-refractivity contribution is 5.90. The number of carbonyl (C=O) groups excluding carboxylic acids is 1. The predicted octanol–water partition coefficient (Wildman–Crippen LogP) is 0.718. The zero-order chi connectivity index (χ0) is 10.3. The zero-order valence-corrected chi connectivity index (χ0v) is 7.96. The first-order valence-electron chi connectivity index (χ1n) is 4.78. The average molecular weight is 203 g/mol. The Bertz CT molecular complexity index is 516. The van der Waals surface area contributed by atoms with Crippen LogP contribution >= 0.6 is 0 Å². The third-order valence-electron chi connectivity index (χ3n) is 2.55. The van der Waals surface area contributed by atoms with Crippen molar-refractivity contribution in [3.63, 3.8) is 0 Å². The standard InChI is InChI=1S/C10H9N3O2/c14-10(7-5-15-6-7)13-9-4-2-1-3-8(9)11-12-13/h1-4,7H,5-6H2. The number of benzene rings is 1. The highest BCUT2D eigenvalue weighted by Crippen LogP contribution is 2.16. The molecule has 0 amide bonds. The Morgan fingerprint density at radius 1 is 1.40 bits per heavy atom. The maximum atomic E-state index is 11.9. The molecule has 3 rings (SSSR count). The second-order valence-electron chi connectivity index (χ2n) is 3.56. The molecule has 1 aromatic carbocycles. The molecule has 0 atom stereocenters. The van der Waals surface area contributed by atoms with Crippen LogP contribution in [0.1, 0.15) is 4.79 Å². The Kier molecular flexibility index (Phi) is 1.78. The molecule has 1 saturated heterocycles. The third kappa shape index (κ3) is 1.24. The van der Waals surface area contributed by atoms with Crippen molar-refractivity contribution in [2.45, 2.75) is 0 Å². The Morgan fingerprint density at radius 3 is 2.93 bits per heavy atom. The Hall–Kier alpha value is -1.75. The Morgan fingerprint density at radius 2 is 2.20 bits per heavy atom. The van der Waals surface area contributed by atoms with Crippen LogP contribution in [-0.4, -0.2) is 34.1 Å². The smallest absolute Gasteiger partial charge is 0.256 e. The van der Waals surface area contributed by atoms with E-state index < -0.39 is 0 Å². The molecule has 1 fully saturated rings. The molecule has 1 aromatic heterocycles. The Labute approximate surface area is 85.6 Å². The summed E-state index contributed by atoms with van der Waals surface area (Å²) in [4.78, 5) is 11.9. The third-order valence-corrected chi connectivity index (χ3v) is 2.55. The molecule has 5 heteroatoms. The number of aromatic nitrogens is 3. The molecule has 1 aliphatic heterocycles. The number of hydrogen-bond acceptors (Lipinski definition) is 4. The van der Waals surface area contributed by atoms with Crippen LogP contribution in [0.15, 0.2) is 24.3 Å². The van der Waals surface area contributed by atoms with Gasteiger partial charge in [-0.15, -0.1) is 5.10 Å². The number of hydrogen-bond donors (Lipinski definition) is 0. The fourth-order valence-corrected chi connectivity index (χ4v) is 1.58. The zero-order valence-electron chi connectivity index (χ0n) is 7.96. The van der Waals surface area contributed by atoms with Gasteiger partial charge in [-0.1, -0.05) is 17.3 Å². The van der Waals surface area contributed by atoms with Gasteiger partial charge in [-0.3, -0.25) is 4.79 Å². The summed E-state index contributed by atoms with van der Waals surface area (Å²) in [5.74, 6) is -0.0925. The molecule has 0 spiro atoms. The topological polar surface area (TPSA) is 57.0 Å². The van der Waals surface area contributed by atoms with E-state index in [4.69, 9.17) is 4.74 Å². The minimum absolute atomic E-state index is 0.0325. The lowest BCUT2D eigenvalue weighted by atomic mass is 10.1. The van der Waals surface area contributed by atoms with Gasteiger partial charge < -0.3 is 4.74 Å². The van der Waals surface area contributed by atoms with Crippen molar-refractivity contribution in [3.8, 4) is 0 Å². The van der Waals surface area contributed by atoms with Crippen molar-refractivity contribution in [3.05, 3.63) is 24.3 Å². The predicted molar refractivity (Wildman–Crippen MR) is 52.5 cm³/mol. The number of nitrogens with zero attached hydrogens (tertiary/aromatic N) is 3. The van der Waals surface area contributed by atoms with E-state index in [1.807, 2.05) is 24.3 Å². The van der Waals surface area contributed by atoms with Gasteiger partial charge >= 0.3 is 0 Å². The first-order valence-corrected chi connectivity index (χ1v) is 4.78. The summed E-state index contributed by atoms with van der Waals surface area (Å²) in [7, 11) is 0. The molecule has 0 unspecified atom stereocenters. The summed E-state index contributed by atoms with van der Waals surface area (Å²) in [6.07, 6.45) is 0. The van der Waals surface area contributed by atoms with Gasteiger partial charge in [0, 0.05) is 0 Å². The summed E-state index contributed by atoms with van der Waals surface area (Å²) in [6, 6.07) is 7.42. The SMILES string of the molecule is O=C(C1COC1)n1nnc2ccccc21. The fraction of sp³-hybridized carbons (Fsp3) is 0.300. The van der Waals surface area contributed by atoms with Gasteiger partial charge in [0.05, 0.1) is 24.6 Å². The van der Waals surface area contributed by atoms with E-state index in [1.165, 1.54) is 4.68 Å². The molecular weight excluding hydrogens is 194 g/mol. The van der Waals surface area contributed by atoms with Crippen LogP contribution in [0.25, 0.3) is 11.0 Å². The van der Waals surface area contributed by atoms with Crippen molar-refractivity contribution in [2.24, 2.45) is 5.92 Å². The first-order chi connectivity index (χ1) is 7.36. The molecule has 2 aromatic rings. The van der Waals surface area contributed by atoms with Crippen molar-refractivity contribution < 1.29 is 9.53 Å². The van der Waals surface area contributed by atoms with Crippen LogP contribution < -0.4 is 0 Å². The molecule has 76 valence electrons. The number of ether oxygens (including phenoxy) is 1. The van der Waals surface area contributed by atoms with Gasteiger partial charge in [0.2, 0.25) is 0 Å². The molecule has 0 aliphatic carbocycles. The van der Waals surface area contributed by atoms with Gasteiger partial charge in [-0.2, -0.15) is 4.68 Å². The van der Waals surface area contributed by atoms with E-state index in [2.05, 4.69) is 10.3 Å². The molecule has 1 aliphatic rings. The average Bonchev–Trinajstić information content (AvgIpc) is 2.58. The van der Waals surface area contributed by atoms with Crippen LogP contribution in [0, 0.1) is 5.92 Å². The van der Waals surface area contributed by atoms with Crippen LogP contribution in [0.4, 0.5) is 0 Å². The van der Waals surface area contributed by atoms with Crippen molar-refractivity contribution in [1.29, 1.82) is 0 Å². The summed E-state index contributed by atoms with van der Waals surface area (Å²) in [5.41, 5.74) is 1.50. The van der Waals surface area contributed by atoms with E-state index in [9.17, 15) is 4.79 Å². The molecule has 2 heterocycles. The largest absolute Gasteiger partial charge is 0.380 e. The maximum absolute atomic E-state index is 11.9. The minimum Gasteiger partial charge on any atom is -0.380 e. The lowest BCUT2D eigenvalue weighted by Crippen LogP contribution is -2.38. The summed E-state index contributed by atoms with van der Waals surface area (Å²) in [6.45, 7) is 0.986. The lowest BCUT2D eigenvalue weighted by molar-refractivity contribution is -0.0244. The van der Waals surface area contributed by atoms with E-state index in [1.54, 1.807) is 0 Å². The number of carbonyl (C=O) groups is 1. The van der Waals surface area contributed by atoms with E-state index >= 15 is 0 Å². The van der Waals surface area contributed by atoms with Gasteiger partial charge in [0.1, 0.15) is 5.52 Å². The summed E-state index contributed by atoms with van der Waals surface area (Å²) < 4.78 is 6.35. The summed E-state index contributed by atoms with van der Waals surface area (Å²) >= 11 is 0. The van der Waals surface area contributed by atoms with Crippen LogP contribution in [0.3, 0.4) is 0 Å². The van der Waals surface area contributed by atoms with Gasteiger partial charge in [-0.05, 0) is 12.1 Å². The van der Waals surface area contributed by atoms with Crippen LogP contribution in [0.5, 0.6) is 0 Å². The van der Waals surface area contributed by atoms with Crippen LogP contribution in [-0.2, 0) is 4.74 Å². The molecule has 0 bridgehead atoms. The monoisotopic (exact) mass is 203 g/mol. The van der Waals surface area contributed by atoms with Gasteiger partial charge in [0.25, 0.3) is 5.91 Å². The quantitative estimate of drug-likeness (QED) is 0.685. The van der Waals surface area contributed by atoms with E-state index in [0.29, 0.717) is 13.2 Å². The minimum atomic E-state index is -0.0601. The van der Waals surface area contributed by atoms with Crippen molar-refractivity contribution in [1.82, 2.24) is 15.0 Å². The summed E-state index contributed by atoms with van der Waals surface area (Å²) in [5, 5.41) is 7.79. The number of rotatable bonds is 1. The number of para-hydroxylation sites is 1. The second-order valence-corrected chi connectivity index (χ2v) is 3.56. The first kappa shape index (κ1) is 8.55. The highest BCUT2D eigenvalue weighted by atomic mass is 16.5. The number of fused-ring (bicyclic) bond motifs is 1. The van der Waals surface area contributed by atoms with Crippen molar-refractivity contribution in [2.75, 3.05) is 13.2 Å². The van der Waals surface area contributed by atoms with Gasteiger partial charge in [-0.25, -0.2) is 0 Å². The van der Waals surface area contributed by atoms with Crippen LogP contribution in [0.2, 0.25) is 0 Å². The van der Waals surface area contributed by atoms with Gasteiger partial charge in [0.15, 0.2) is 0 Å². The van der Waals surface area contributed by atoms with Crippen molar-refractivity contribution >= 4 is 16.9 Å². The van der Waals surface area contributed by atoms with E-state index in [-0.39, 0.29) is 11.8 Å². The maximum Gasteiger partial charge on any atom is 0.256 e. The lowest BCUT2D eigenvalue weighted by Gasteiger charge is -2.23. The molecule has 15 heavy (non-hydrogen) atoms. The van der Waals surface area contributed by atoms with E-state index in [0.717, 1.165) is 11.0 Å². The normalized spacial score (nSPS) is 16.5. The Balaban J connectivity index is 2.06. The highest BCUT2D eigenvalue weighted by Gasteiger charge is 2.29. The second kappa shape index (κ2) is 3.13. The molecule has 0 saturated carbocycles. The molecule has 0 radical (unpaired) electrons. The molecule has 5 nitrogen and oxygen atoms in total.